The summed E-state index contributed by atoms with van der Waals surface area (Å²) in [5, 5.41) is 9.16. The highest BCUT2D eigenvalue weighted by molar-refractivity contribution is 9.10. The van der Waals surface area contributed by atoms with Gasteiger partial charge in [-0.15, -0.1) is 0 Å². The van der Waals surface area contributed by atoms with Crippen molar-refractivity contribution in [2.75, 3.05) is 0 Å². The zero-order valence-electron chi connectivity index (χ0n) is 10.1. The van der Waals surface area contributed by atoms with Gasteiger partial charge in [0.2, 0.25) is 0 Å². The Kier molecular flexibility index (Phi) is 3.35. The van der Waals surface area contributed by atoms with E-state index in [4.69, 9.17) is 5.26 Å². The third-order valence-corrected chi connectivity index (χ3v) is 3.47. The maximum atomic E-state index is 12.0. The predicted molar refractivity (Wildman–Crippen MR) is 74.3 cm³/mol. The lowest BCUT2D eigenvalue weighted by Gasteiger charge is -2.09. The molecule has 0 aliphatic rings. The van der Waals surface area contributed by atoms with E-state index in [1.807, 2.05) is 43.3 Å². The van der Waals surface area contributed by atoms with Crippen LogP contribution >= 0.6 is 15.9 Å². The minimum atomic E-state index is -0.254. The molecule has 0 amide bonds. The van der Waals surface area contributed by atoms with Gasteiger partial charge >= 0.3 is 0 Å². The SMILES string of the molecule is Cc1cc(-c2ccc(Br)cc2)c(C#N)c(=O)n1C. The predicted octanol–water partition coefficient (Wildman–Crippen LogP) is 2.99. The molecule has 2 rings (SSSR count). The van der Waals surface area contributed by atoms with E-state index in [0.29, 0.717) is 5.56 Å². The van der Waals surface area contributed by atoms with Crippen LogP contribution in [0.25, 0.3) is 11.1 Å². The zero-order chi connectivity index (χ0) is 13.3. The highest BCUT2D eigenvalue weighted by Crippen LogP contribution is 2.24. The average Bonchev–Trinajstić information content (AvgIpc) is 2.37. The van der Waals surface area contributed by atoms with Gasteiger partial charge in [-0.25, -0.2) is 0 Å². The van der Waals surface area contributed by atoms with Crippen LogP contribution in [0.2, 0.25) is 0 Å². The number of benzene rings is 1. The Hall–Kier alpha value is -1.86. The lowest BCUT2D eigenvalue weighted by molar-refractivity contribution is 0.816. The molecule has 1 aromatic carbocycles. The number of nitriles is 1. The third-order valence-electron chi connectivity index (χ3n) is 2.94. The molecule has 1 heterocycles. The Balaban J connectivity index is 2.76. The number of aromatic nitrogens is 1. The van der Waals surface area contributed by atoms with Crippen LogP contribution in [-0.4, -0.2) is 4.57 Å². The van der Waals surface area contributed by atoms with Gasteiger partial charge in [0.05, 0.1) is 0 Å². The quantitative estimate of drug-likeness (QED) is 0.813. The van der Waals surface area contributed by atoms with Gasteiger partial charge in [0, 0.05) is 22.8 Å². The zero-order valence-corrected chi connectivity index (χ0v) is 11.7. The van der Waals surface area contributed by atoms with Crippen molar-refractivity contribution >= 4 is 15.9 Å². The first-order valence-corrected chi connectivity index (χ1v) is 6.20. The summed E-state index contributed by atoms with van der Waals surface area (Å²) in [6.45, 7) is 1.85. The van der Waals surface area contributed by atoms with Crippen LogP contribution in [0.5, 0.6) is 0 Å². The van der Waals surface area contributed by atoms with E-state index in [1.54, 1.807) is 7.05 Å². The van der Waals surface area contributed by atoms with Crippen LogP contribution in [0.3, 0.4) is 0 Å². The monoisotopic (exact) mass is 302 g/mol. The highest BCUT2D eigenvalue weighted by atomic mass is 79.9. The molecule has 0 aliphatic carbocycles. The van der Waals surface area contributed by atoms with Crippen molar-refractivity contribution in [1.29, 1.82) is 5.26 Å². The van der Waals surface area contributed by atoms with Crippen LogP contribution in [0.15, 0.2) is 39.6 Å². The van der Waals surface area contributed by atoms with E-state index in [2.05, 4.69) is 15.9 Å². The van der Waals surface area contributed by atoms with Crippen LogP contribution in [0.1, 0.15) is 11.3 Å². The Morgan fingerprint density at radius 3 is 2.44 bits per heavy atom. The Labute approximate surface area is 113 Å². The van der Waals surface area contributed by atoms with Crippen molar-refractivity contribution in [2.45, 2.75) is 6.92 Å². The standard InChI is InChI=1S/C14H11BrN2O/c1-9-7-12(10-3-5-11(15)6-4-10)13(8-16)14(18)17(9)2/h3-7H,1-2H3. The summed E-state index contributed by atoms with van der Waals surface area (Å²) in [4.78, 5) is 12.0. The van der Waals surface area contributed by atoms with E-state index < -0.39 is 0 Å². The minimum Gasteiger partial charge on any atom is -0.315 e. The largest absolute Gasteiger partial charge is 0.315 e. The second-order valence-electron chi connectivity index (χ2n) is 4.06. The molecule has 0 fully saturated rings. The molecule has 0 radical (unpaired) electrons. The number of aryl methyl sites for hydroxylation is 1. The second-order valence-corrected chi connectivity index (χ2v) is 4.97. The summed E-state index contributed by atoms with van der Waals surface area (Å²) >= 11 is 3.36. The summed E-state index contributed by atoms with van der Waals surface area (Å²) < 4.78 is 2.45. The molecule has 90 valence electrons. The van der Waals surface area contributed by atoms with Crippen molar-refractivity contribution < 1.29 is 0 Å². The first-order chi connectivity index (χ1) is 8.54. The molecule has 3 nitrogen and oxygen atoms in total. The topological polar surface area (TPSA) is 45.8 Å². The fraction of sp³-hybridized carbons (Fsp3) is 0.143. The molecule has 2 aromatic rings. The van der Waals surface area contributed by atoms with Crippen molar-refractivity contribution in [1.82, 2.24) is 4.57 Å². The normalized spacial score (nSPS) is 10.1. The molecule has 0 unspecified atom stereocenters. The van der Waals surface area contributed by atoms with Gasteiger partial charge in [-0.1, -0.05) is 28.1 Å². The lowest BCUT2D eigenvalue weighted by atomic mass is 10.0. The summed E-state index contributed by atoms with van der Waals surface area (Å²) in [6, 6.07) is 11.4. The fourth-order valence-corrected chi connectivity index (χ4v) is 2.05. The molecule has 0 saturated carbocycles. The van der Waals surface area contributed by atoms with Gasteiger partial charge in [-0.05, 0) is 30.7 Å². The molecular formula is C14H11BrN2O. The summed E-state index contributed by atoms with van der Waals surface area (Å²) in [5.41, 5.74) is 2.32. The second kappa shape index (κ2) is 4.79. The molecule has 0 spiro atoms. The molecule has 1 aromatic heterocycles. The van der Waals surface area contributed by atoms with Gasteiger partial charge in [0.1, 0.15) is 11.6 Å². The molecular weight excluding hydrogens is 292 g/mol. The molecule has 18 heavy (non-hydrogen) atoms. The maximum Gasteiger partial charge on any atom is 0.269 e. The first kappa shape index (κ1) is 12.6. The van der Waals surface area contributed by atoms with Gasteiger partial charge in [0.15, 0.2) is 0 Å². The van der Waals surface area contributed by atoms with Crippen LogP contribution in [0.4, 0.5) is 0 Å². The third kappa shape index (κ3) is 2.09. The van der Waals surface area contributed by atoms with Crippen LogP contribution in [-0.2, 0) is 7.05 Å². The van der Waals surface area contributed by atoms with E-state index in [1.165, 1.54) is 4.57 Å². The van der Waals surface area contributed by atoms with Crippen LogP contribution < -0.4 is 5.56 Å². The number of nitrogens with zero attached hydrogens (tertiary/aromatic N) is 2. The summed E-state index contributed by atoms with van der Waals surface area (Å²) in [7, 11) is 1.67. The number of hydrogen-bond acceptors (Lipinski definition) is 2. The van der Waals surface area contributed by atoms with E-state index in [9.17, 15) is 4.79 Å². The van der Waals surface area contributed by atoms with Gasteiger partial charge in [-0.2, -0.15) is 5.26 Å². The molecule has 0 atom stereocenters. The van der Waals surface area contributed by atoms with E-state index in [0.717, 1.165) is 15.7 Å². The number of rotatable bonds is 1. The van der Waals surface area contributed by atoms with Crippen molar-refractivity contribution in [3.63, 3.8) is 0 Å². The number of hydrogen-bond donors (Lipinski definition) is 0. The van der Waals surface area contributed by atoms with Crippen molar-refractivity contribution in [3.8, 4) is 17.2 Å². The first-order valence-electron chi connectivity index (χ1n) is 5.41. The van der Waals surface area contributed by atoms with Gasteiger partial charge in [-0.3, -0.25) is 4.79 Å². The average molecular weight is 303 g/mol. The van der Waals surface area contributed by atoms with Crippen LogP contribution in [0, 0.1) is 18.3 Å². The smallest absolute Gasteiger partial charge is 0.269 e. The molecule has 0 saturated heterocycles. The summed E-state index contributed by atoms with van der Waals surface area (Å²) in [5.74, 6) is 0. The van der Waals surface area contributed by atoms with Gasteiger partial charge in [0.25, 0.3) is 5.56 Å². The molecule has 0 N–H and O–H groups in total. The fourth-order valence-electron chi connectivity index (χ4n) is 1.79. The van der Waals surface area contributed by atoms with Crippen molar-refractivity contribution in [3.05, 3.63) is 56.4 Å². The number of pyridine rings is 1. The molecule has 0 bridgehead atoms. The lowest BCUT2D eigenvalue weighted by Crippen LogP contribution is -2.22. The Morgan fingerprint density at radius 2 is 1.89 bits per heavy atom. The highest BCUT2D eigenvalue weighted by Gasteiger charge is 2.12. The maximum absolute atomic E-state index is 12.0. The van der Waals surface area contributed by atoms with Gasteiger partial charge < -0.3 is 4.57 Å². The van der Waals surface area contributed by atoms with E-state index in [-0.39, 0.29) is 11.1 Å². The van der Waals surface area contributed by atoms with E-state index >= 15 is 0 Å². The molecule has 0 aliphatic heterocycles. The molecule has 4 heteroatoms. The minimum absolute atomic E-state index is 0.186. The van der Waals surface area contributed by atoms with Crippen molar-refractivity contribution in [2.24, 2.45) is 7.05 Å². The summed E-state index contributed by atoms with van der Waals surface area (Å²) in [6.07, 6.45) is 0. The Morgan fingerprint density at radius 1 is 1.28 bits per heavy atom. The number of halogens is 1. The Bertz CT molecular complexity index is 693.